The van der Waals surface area contributed by atoms with E-state index in [4.69, 9.17) is 18.9 Å². The maximum Gasteiger partial charge on any atom is 0.315 e. The molecule has 0 saturated heterocycles. The third-order valence-corrected chi connectivity index (χ3v) is 9.79. The fourth-order valence-corrected chi connectivity index (χ4v) is 6.96. The lowest BCUT2D eigenvalue weighted by Crippen LogP contribution is -2.19. The molecule has 0 spiro atoms. The quantitative estimate of drug-likeness (QED) is 0.107. The number of hydrogen-bond acceptors (Lipinski definition) is 12. The summed E-state index contributed by atoms with van der Waals surface area (Å²) in [6.45, 7) is 0. The van der Waals surface area contributed by atoms with Crippen LogP contribution in [-0.2, 0) is 9.84 Å². The zero-order valence-electron chi connectivity index (χ0n) is 26.7. The molecule has 4 aromatic carbocycles. The van der Waals surface area contributed by atoms with E-state index in [1.807, 2.05) is 0 Å². The molecular weight excluding hydrogens is 660 g/mol. The Bertz CT molecular complexity index is 1870. The van der Waals surface area contributed by atoms with Crippen molar-refractivity contribution < 1.29 is 47.4 Å². The van der Waals surface area contributed by atoms with Crippen molar-refractivity contribution in [2.45, 2.75) is 10.5 Å². The summed E-state index contributed by atoms with van der Waals surface area (Å²) in [4.78, 5) is 21.6. The number of nitro benzene ring substituents is 2. The Kier molecular flexibility index (Phi) is 11.1. The molecule has 0 radical (unpaired) electrons. The summed E-state index contributed by atoms with van der Waals surface area (Å²) in [5, 5.41) is 40.9. The number of nitrogens with zero attached hydrogens (tertiary/aromatic N) is 2. The van der Waals surface area contributed by atoms with E-state index in [0.29, 0.717) is 22.6 Å². The molecule has 0 amide bonds. The highest BCUT2D eigenvalue weighted by Gasteiger charge is 2.34. The summed E-state index contributed by atoms with van der Waals surface area (Å²) in [6.07, 6.45) is 5.44. The molecule has 0 aliphatic carbocycles. The molecule has 4 aromatic rings. The Morgan fingerprint density at radius 3 is 1.24 bits per heavy atom. The number of benzene rings is 4. The first kappa shape index (κ1) is 35.8. The molecule has 14 nitrogen and oxygen atoms in total. The monoisotopic (exact) mass is 692 g/mol. The number of methoxy groups -OCH3 is 4. The summed E-state index contributed by atoms with van der Waals surface area (Å²) in [5.41, 5.74) is -0.275. The molecule has 256 valence electrons. The average Bonchev–Trinajstić information content (AvgIpc) is 3.09. The lowest BCUT2D eigenvalue weighted by molar-refractivity contribution is -0.386. The minimum Gasteiger partial charge on any atom is -0.500 e. The molecule has 0 aliphatic rings. The Balaban J connectivity index is 1.92. The van der Waals surface area contributed by atoms with Gasteiger partial charge in [-0.3, -0.25) is 20.2 Å². The van der Waals surface area contributed by atoms with Crippen molar-refractivity contribution in [1.82, 2.24) is 0 Å². The number of phenols is 2. The molecule has 2 N–H and O–H groups in total. The second-order valence-electron chi connectivity index (χ2n) is 10.4. The van der Waals surface area contributed by atoms with Gasteiger partial charge in [-0.25, -0.2) is 8.42 Å². The van der Waals surface area contributed by atoms with E-state index >= 15 is 0 Å². The van der Waals surface area contributed by atoms with Gasteiger partial charge in [0.1, 0.15) is 22.0 Å². The van der Waals surface area contributed by atoms with E-state index < -0.39 is 53.1 Å². The molecule has 0 aliphatic heterocycles. The van der Waals surface area contributed by atoms with Crippen LogP contribution in [0.15, 0.2) is 84.9 Å². The second kappa shape index (κ2) is 15.2. The normalized spacial score (nSPS) is 12.8. The first-order valence-corrected chi connectivity index (χ1v) is 15.9. The summed E-state index contributed by atoms with van der Waals surface area (Å²) in [5.74, 6) is -0.792. The Labute approximate surface area is 281 Å². The number of nitro groups is 2. The second-order valence-corrected chi connectivity index (χ2v) is 12.6. The molecular formula is C34H32N2O12S. The zero-order valence-corrected chi connectivity index (χ0v) is 27.5. The summed E-state index contributed by atoms with van der Waals surface area (Å²) in [6, 6.07) is 17.4. The predicted octanol–water partition coefficient (Wildman–Crippen LogP) is 6.57. The molecule has 0 heterocycles. The van der Waals surface area contributed by atoms with Crippen molar-refractivity contribution >= 4 is 33.4 Å². The van der Waals surface area contributed by atoms with Crippen LogP contribution in [0.4, 0.5) is 11.4 Å². The highest BCUT2D eigenvalue weighted by atomic mass is 32.2. The minimum atomic E-state index is -4.33. The minimum absolute atomic E-state index is 0.176. The fourth-order valence-electron chi connectivity index (χ4n) is 4.97. The number of sulfone groups is 1. The smallest absolute Gasteiger partial charge is 0.315 e. The first-order valence-electron chi connectivity index (χ1n) is 14.3. The van der Waals surface area contributed by atoms with E-state index in [2.05, 4.69) is 0 Å². The van der Waals surface area contributed by atoms with Crippen LogP contribution in [0.25, 0.3) is 12.2 Å². The number of hydrogen-bond donors (Lipinski definition) is 2. The van der Waals surface area contributed by atoms with Crippen molar-refractivity contribution in [1.29, 1.82) is 0 Å². The van der Waals surface area contributed by atoms with Gasteiger partial charge in [-0.05, 0) is 58.7 Å². The Morgan fingerprint density at radius 2 is 0.959 bits per heavy atom. The van der Waals surface area contributed by atoms with Crippen LogP contribution < -0.4 is 18.9 Å². The maximum atomic E-state index is 14.8. The van der Waals surface area contributed by atoms with Gasteiger partial charge in [0.15, 0.2) is 21.3 Å². The SMILES string of the molecule is COc1ccc(C(/C=C/c2cc(OC)c(O)c([N+](=O)[O-])c2)S(=O)(=O)C(/C=C/c2cc(OC)c(O)c([N+](=O)[O-])c2)c2ccc(OC)cc2)cc1. The van der Waals surface area contributed by atoms with Gasteiger partial charge in [-0.1, -0.05) is 48.6 Å². The topological polar surface area (TPSA) is 198 Å². The summed E-state index contributed by atoms with van der Waals surface area (Å²) >= 11 is 0. The molecule has 2 atom stereocenters. The molecule has 4 rings (SSSR count). The number of aromatic hydroxyl groups is 2. The predicted molar refractivity (Wildman–Crippen MR) is 181 cm³/mol. The highest BCUT2D eigenvalue weighted by Crippen LogP contribution is 2.41. The molecule has 0 fully saturated rings. The molecule has 15 heteroatoms. The van der Waals surface area contributed by atoms with Crippen LogP contribution in [0.5, 0.6) is 34.5 Å². The molecule has 0 bridgehead atoms. The van der Waals surface area contributed by atoms with Gasteiger partial charge in [-0.15, -0.1) is 0 Å². The van der Waals surface area contributed by atoms with Crippen LogP contribution in [0.1, 0.15) is 32.8 Å². The largest absolute Gasteiger partial charge is 0.500 e. The van der Waals surface area contributed by atoms with Gasteiger partial charge in [0, 0.05) is 12.1 Å². The summed E-state index contributed by atoms with van der Waals surface area (Å²) in [7, 11) is 1.03. The van der Waals surface area contributed by atoms with Crippen LogP contribution in [0.3, 0.4) is 0 Å². The first-order chi connectivity index (χ1) is 23.3. The number of rotatable bonds is 14. The van der Waals surface area contributed by atoms with E-state index in [0.717, 1.165) is 12.1 Å². The molecule has 0 aromatic heterocycles. The average molecular weight is 693 g/mol. The Hall–Kier alpha value is -6.09. The van der Waals surface area contributed by atoms with Gasteiger partial charge in [0.25, 0.3) is 0 Å². The van der Waals surface area contributed by atoms with E-state index in [-0.39, 0.29) is 22.6 Å². The summed E-state index contributed by atoms with van der Waals surface area (Å²) < 4.78 is 50.2. The fraction of sp³-hybridized carbons (Fsp3) is 0.176. The zero-order chi connectivity index (χ0) is 35.9. The maximum absolute atomic E-state index is 14.8. The van der Waals surface area contributed by atoms with Gasteiger partial charge in [0.05, 0.1) is 38.3 Å². The van der Waals surface area contributed by atoms with Crippen LogP contribution >= 0.6 is 0 Å². The highest BCUT2D eigenvalue weighted by molar-refractivity contribution is 7.92. The third kappa shape index (κ3) is 7.90. The molecule has 2 unspecified atom stereocenters. The van der Waals surface area contributed by atoms with Gasteiger partial charge >= 0.3 is 11.4 Å². The van der Waals surface area contributed by atoms with Gasteiger partial charge in [-0.2, -0.15) is 0 Å². The number of phenolic OH excluding ortho intramolecular Hbond substituents is 2. The Morgan fingerprint density at radius 1 is 0.612 bits per heavy atom. The van der Waals surface area contributed by atoms with Crippen molar-refractivity contribution in [3.05, 3.63) is 127 Å². The lowest BCUT2D eigenvalue weighted by atomic mass is 10.1. The van der Waals surface area contributed by atoms with E-state index in [1.165, 1.54) is 64.9 Å². The van der Waals surface area contributed by atoms with Crippen molar-refractivity contribution in [3.8, 4) is 34.5 Å². The van der Waals surface area contributed by atoms with Crippen LogP contribution in [-0.4, -0.2) is 56.9 Å². The lowest BCUT2D eigenvalue weighted by Gasteiger charge is -2.22. The molecule has 49 heavy (non-hydrogen) atoms. The van der Waals surface area contributed by atoms with Gasteiger partial charge < -0.3 is 29.2 Å². The van der Waals surface area contributed by atoms with Crippen molar-refractivity contribution in [2.75, 3.05) is 28.4 Å². The van der Waals surface area contributed by atoms with Gasteiger partial charge in [0.2, 0.25) is 11.5 Å². The standard InChI is InChI=1S/C34H32N2O12S/c1-45-25-11-7-23(8-12-25)31(15-5-21-17-27(35(39)40)33(37)29(19-21)47-3)49(43,44)32(24-9-13-26(46-2)14-10-24)16-6-22-18-28(36(41)42)34(38)30(20-22)48-4/h5-20,31-32,37-38H,1-4H3/b15-5+,16-6+. The third-order valence-electron chi connectivity index (χ3n) is 7.51. The van der Waals surface area contributed by atoms with Crippen molar-refractivity contribution in [2.24, 2.45) is 0 Å². The van der Waals surface area contributed by atoms with Crippen molar-refractivity contribution in [3.63, 3.8) is 0 Å². The number of ether oxygens (including phenoxy) is 4. The van der Waals surface area contributed by atoms with E-state index in [1.54, 1.807) is 48.5 Å². The van der Waals surface area contributed by atoms with E-state index in [9.17, 15) is 38.9 Å². The van der Waals surface area contributed by atoms with Crippen LogP contribution in [0, 0.1) is 20.2 Å². The van der Waals surface area contributed by atoms with Crippen LogP contribution in [0.2, 0.25) is 0 Å². The molecule has 0 saturated carbocycles.